The Morgan fingerprint density at radius 1 is 1.00 bits per heavy atom. The monoisotopic (exact) mass is 327 g/mol. The van der Waals surface area contributed by atoms with E-state index in [0.717, 1.165) is 31.1 Å². The lowest BCUT2D eigenvalue weighted by molar-refractivity contribution is 0.257. The molecule has 23 heavy (non-hydrogen) atoms. The van der Waals surface area contributed by atoms with E-state index >= 15 is 0 Å². The van der Waals surface area contributed by atoms with Crippen LogP contribution in [0.4, 0.5) is 0 Å². The minimum atomic E-state index is 0.223. The number of hydrogen-bond acceptors (Lipinski definition) is 1. The molecule has 0 aromatic heterocycles. The summed E-state index contributed by atoms with van der Waals surface area (Å²) in [6, 6.07) is 15.3. The van der Waals surface area contributed by atoms with Gasteiger partial charge >= 0.3 is 0 Å². The number of halogens is 1. The smallest absolute Gasteiger partial charge is 0.0406 e. The fraction of sp³-hybridized carbons (Fsp3) is 0.429. The molecule has 2 aromatic rings. The summed E-state index contributed by atoms with van der Waals surface area (Å²) in [4.78, 5) is 2.57. The Morgan fingerprint density at radius 3 is 2.43 bits per heavy atom. The van der Waals surface area contributed by atoms with E-state index in [1.165, 1.54) is 28.7 Å². The predicted octanol–water partition coefficient (Wildman–Crippen LogP) is 5.24. The van der Waals surface area contributed by atoms with Gasteiger partial charge in [-0.25, -0.2) is 0 Å². The van der Waals surface area contributed by atoms with Crippen LogP contribution in [0.3, 0.4) is 0 Å². The molecule has 0 spiro atoms. The van der Waals surface area contributed by atoms with Gasteiger partial charge in [-0.1, -0.05) is 62.7 Å². The predicted molar refractivity (Wildman–Crippen MR) is 99.3 cm³/mol. The lowest BCUT2D eigenvalue weighted by Crippen LogP contribution is -2.32. The topological polar surface area (TPSA) is 3.24 Å². The highest BCUT2D eigenvalue weighted by Crippen LogP contribution is 2.27. The summed E-state index contributed by atoms with van der Waals surface area (Å²) in [5.74, 6) is 0. The van der Waals surface area contributed by atoms with Crippen molar-refractivity contribution in [2.24, 2.45) is 0 Å². The Kier molecular flexibility index (Phi) is 4.79. The molecule has 2 aromatic carbocycles. The molecular weight excluding hydrogens is 302 g/mol. The van der Waals surface area contributed by atoms with Crippen molar-refractivity contribution in [2.75, 3.05) is 13.1 Å². The minimum Gasteiger partial charge on any atom is -0.298 e. The van der Waals surface area contributed by atoms with E-state index in [1.54, 1.807) is 0 Å². The Bertz CT molecular complexity index is 667. The third-order valence-corrected chi connectivity index (χ3v) is 5.05. The van der Waals surface area contributed by atoms with Crippen LogP contribution in [0.15, 0.2) is 42.5 Å². The van der Waals surface area contributed by atoms with Crippen LogP contribution in [0.5, 0.6) is 0 Å². The molecular formula is C21H26ClN. The molecule has 0 amide bonds. The normalized spacial score (nSPS) is 15.5. The molecule has 1 heterocycles. The zero-order chi connectivity index (χ0) is 16.4. The van der Waals surface area contributed by atoms with Crippen molar-refractivity contribution < 1.29 is 0 Å². The van der Waals surface area contributed by atoms with Gasteiger partial charge < -0.3 is 0 Å². The summed E-state index contributed by atoms with van der Waals surface area (Å²) in [6.45, 7) is 10.2. The van der Waals surface area contributed by atoms with Crippen LogP contribution in [-0.2, 0) is 24.8 Å². The van der Waals surface area contributed by atoms with Gasteiger partial charge in [-0.2, -0.15) is 0 Å². The van der Waals surface area contributed by atoms with E-state index in [4.69, 9.17) is 11.6 Å². The average molecular weight is 328 g/mol. The summed E-state index contributed by atoms with van der Waals surface area (Å²) in [6.07, 6.45) is 2.26. The molecule has 0 atom stereocenters. The second-order valence-corrected chi connectivity index (χ2v) is 8.07. The van der Waals surface area contributed by atoms with Crippen molar-refractivity contribution in [3.05, 3.63) is 69.7 Å². The Labute approximate surface area is 145 Å². The van der Waals surface area contributed by atoms with Crippen LogP contribution >= 0.6 is 11.6 Å². The standard InChI is InChI=1S/C21H26ClN/c1-21(2,3)19-7-6-17-11-13-23(15-18(17)14-19)12-10-16-4-8-20(22)9-5-16/h4-9,14H,10-13,15H2,1-3H3. The van der Waals surface area contributed by atoms with Crippen LogP contribution in [0.2, 0.25) is 5.02 Å². The third-order valence-electron chi connectivity index (χ3n) is 4.79. The fourth-order valence-electron chi connectivity index (χ4n) is 3.21. The highest BCUT2D eigenvalue weighted by molar-refractivity contribution is 6.30. The lowest BCUT2D eigenvalue weighted by Gasteiger charge is -2.30. The molecule has 0 fully saturated rings. The lowest BCUT2D eigenvalue weighted by atomic mass is 9.84. The number of nitrogens with zero attached hydrogens (tertiary/aromatic N) is 1. The van der Waals surface area contributed by atoms with E-state index in [2.05, 4.69) is 56.0 Å². The van der Waals surface area contributed by atoms with Crippen molar-refractivity contribution in [1.82, 2.24) is 4.90 Å². The fourth-order valence-corrected chi connectivity index (χ4v) is 3.34. The average Bonchev–Trinajstić information content (AvgIpc) is 2.53. The van der Waals surface area contributed by atoms with Crippen LogP contribution in [-0.4, -0.2) is 18.0 Å². The summed E-state index contributed by atoms with van der Waals surface area (Å²) in [5, 5.41) is 0.815. The van der Waals surface area contributed by atoms with Gasteiger partial charge in [0.1, 0.15) is 0 Å². The second kappa shape index (κ2) is 6.67. The van der Waals surface area contributed by atoms with E-state index in [9.17, 15) is 0 Å². The van der Waals surface area contributed by atoms with E-state index in [-0.39, 0.29) is 5.41 Å². The SMILES string of the molecule is CC(C)(C)c1ccc2c(c1)CN(CCc1ccc(Cl)cc1)CC2. The van der Waals surface area contributed by atoms with Gasteiger partial charge in [-0.15, -0.1) is 0 Å². The van der Waals surface area contributed by atoms with E-state index < -0.39 is 0 Å². The van der Waals surface area contributed by atoms with Gasteiger partial charge in [-0.3, -0.25) is 4.90 Å². The van der Waals surface area contributed by atoms with Crippen molar-refractivity contribution >= 4 is 11.6 Å². The first-order chi connectivity index (χ1) is 10.9. The van der Waals surface area contributed by atoms with Crippen molar-refractivity contribution in [3.63, 3.8) is 0 Å². The summed E-state index contributed by atoms with van der Waals surface area (Å²) < 4.78 is 0. The Hall–Kier alpha value is -1.31. The molecule has 1 nitrogen and oxygen atoms in total. The molecule has 0 aliphatic carbocycles. The molecule has 3 rings (SSSR count). The van der Waals surface area contributed by atoms with Gasteiger partial charge in [0.05, 0.1) is 0 Å². The first-order valence-corrected chi connectivity index (χ1v) is 8.89. The van der Waals surface area contributed by atoms with E-state index in [0.29, 0.717) is 0 Å². The van der Waals surface area contributed by atoms with Gasteiger partial charge in [0.2, 0.25) is 0 Å². The zero-order valence-electron chi connectivity index (χ0n) is 14.4. The second-order valence-electron chi connectivity index (χ2n) is 7.64. The Morgan fingerprint density at radius 2 is 1.74 bits per heavy atom. The maximum Gasteiger partial charge on any atom is 0.0406 e. The molecule has 1 aliphatic rings. The molecule has 0 radical (unpaired) electrons. The molecule has 0 saturated heterocycles. The summed E-state index contributed by atoms with van der Waals surface area (Å²) >= 11 is 5.96. The maximum absolute atomic E-state index is 5.96. The third kappa shape index (κ3) is 4.16. The van der Waals surface area contributed by atoms with Crippen LogP contribution < -0.4 is 0 Å². The molecule has 2 heteroatoms. The van der Waals surface area contributed by atoms with Gasteiger partial charge in [-0.05, 0) is 52.6 Å². The van der Waals surface area contributed by atoms with Crippen LogP contribution in [0, 0.1) is 0 Å². The molecule has 122 valence electrons. The van der Waals surface area contributed by atoms with Crippen molar-refractivity contribution in [1.29, 1.82) is 0 Å². The molecule has 1 aliphatic heterocycles. The largest absolute Gasteiger partial charge is 0.298 e. The van der Waals surface area contributed by atoms with E-state index in [1.807, 2.05) is 12.1 Å². The van der Waals surface area contributed by atoms with Gasteiger partial charge in [0.25, 0.3) is 0 Å². The Balaban J connectivity index is 1.66. The van der Waals surface area contributed by atoms with Crippen molar-refractivity contribution in [3.8, 4) is 0 Å². The van der Waals surface area contributed by atoms with Gasteiger partial charge in [0.15, 0.2) is 0 Å². The summed E-state index contributed by atoms with van der Waals surface area (Å²) in [5.41, 5.74) is 6.07. The number of hydrogen-bond donors (Lipinski definition) is 0. The molecule has 0 unspecified atom stereocenters. The maximum atomic E-state index is 5.96. The number of rotatable bonds is 3. The zero-order valence-corrected chi connectivity index (χ0v) is 15.2. The highest BCUT2D eigenvalue weighted by atomic mass is 35.5. The quantitative estimate of drug-likeness (QED) is 0.745. The first-order valence-electron chi connectivity index (χ1n) is 8.51. The van der Waals surface area contributed by atoms with Gasteiger partial charge in [0, 0.05) is 24.7 Å². The van der Waals surface area contributed by atoms with Crippen LogP contribution in [0.1, 0.15) is 43.0 Å². The number of fused-ring (bicyclic) bond motifs is 1. The molecule has 0 bridgehead atoms. The van der Waals surface area contributed by atoms with Crippen molar-refractivity contribution in [2.45, 2.75) is 45.6 Å². The summed E-state index contributed by atoms with van der Waals surface area (Å²) in [7, 11) is 0. The highest BCUT2D eigenvalue weighted by Gasteiger charge is 2.20. The minimum absolute atomic E-state index is 0.223. The molecule has 0 N–H and O–H groups in total. The first kappa shape index (κ1) is 16.5. The molecule has 0 saturated carbocycles. The number of benzene rings is 2. The van der Waals surface area contributed by atoms with Crippen LogP contribution in [0.25, 0.3) is 0 Å².